The second-order valence-corrected chi connectivity index (χ2v) is 9.93. The molecule has 0 unspecified atom stereocenters. The lowest BCUT2D eigenvalue weighted by Crippen LogP contribution is -2.67. The molecule has 24 heavy (non-hydrogen) atoms. The van der Waals surface area contributed by atoms with Crippen LogP contribution in [0, 0.1) is 23.7 Å². The number of hydrogen-bond acceptors (Lipinski definition) is 2. The van der Waals surface area contributed by atoms with E-state index in [1.807, 2.05) is 0 Å². The summed E-state index contributed by atoms with van der Waals surface area (Å²) in [5.74, 6) is 3.75. The molecule has 3 aliphatic heterocycles. The molecule has 3 rings (SSSR count). The van der Waals surface area contributed by atoms with Crippen molar-refractivity contribution in [3.05, 3.63) is 0 Å². The van der Waals surface area contributed by atoms with E-state index in [-0.39, 0.29) is 0 Å². The first kappa shape index (κ1) is 18.7. The molecule has 0 bridgehead atoms. The van der Waals surface area contributed by atoms with Gasteiger partial charge >= 0.3 is 0 Å². The molecule has 0 aromatic carbocycles. The Morgan fingerprint density at radius 3 is 2.00 bits per heavy atom. The van der Waals surface area contributed by atoms with E-state index < -0.39 is 0 Å². The summed E-state index contributed by atoms with van der Waals surface area (Å²) < 4.78 is 1.48. The summed E-state index contributed by atoms with van der Waals surface area (Å²) in [6.45, 7) is 23.3. The van der Waals surface area contributed by atoms with Crippen LogP contribution in [0.25, 0.3) is 0 Å². The first-order chi connectivity index (χ1) is 11.5. The molecule has 3 aliphatic rings. The van der Waals surface area contributed by atoms with E-state index >= 15 is 0 Å². The van der Waals surface area contributed by atoms with Gasteiger partial charge in [0.05, 0.1) is 32.1 Å². The van der Waals surface area contributed by atoms with Crippen LogP contribution < -0.4 is 0 Å². The molecule has 3 heterocycles. The third-order valence-electron chi connectivity index (χ3n) is 7.15. The van der Waals surface area contributed by atoms with Gasteiger partial charge in [0.25, 0.3) is 0 Å². The molecule has 0 saturated carbocycles. The topological polar surface area (TPSA) is 6.48 Å². The predicted octanol–water partition coefficient (Wildman–Crippen LogP) is 3.16. The SMILES string of the molecule is CC(C)CN1CCN(CCC2CC[N+]3(CC2)CC(C(C)C)C3)CC1. The number of rotatable bonds is 6. The molecular weight excluding hydrogens is 294 g/mol. The number of piperazine rings is 1. The Bertz CT molecular complexity index is 369. The van der Waals surface area contributed by atoms with Crippen LogP contribution in [0.4, 0.5) is 0 Å². The van der Waals surface area contributed by atoms with Crippen LogP contribution in [-0.2, 0) is 0 Å². The van der Waals surface area contributed by atoms with E-state index in [0.29, 0.717) is 0 Å². The summed E-state index contributed by atoms with van der Waals surface area (Å²) in [6, 6.07) is 0. The van der Waals surface area contributed by atoms with E-state index in [9.17, 15) is 0 Å². The van der Waals surface area contributed by atoms with E-state index in [0.717, 1.165) is 23.7 Å². The highest BCUT2D eigenvalue weighted by Gasteiger charge is 2.46. The van der Waals surface area contributed by atoms with Crippen LogP contribution in [0.2, 0.25) is 0 Å². The summed E-state index contributed by atoms with van der Waals surface area (Å²) in [5, 5.41) is 0. The third-order valence-corrected chi connectivity index (χ3v) is 7.15. The number of quaternary nitrogens is 1. The molecule has 0 radical (unpaired) electrons. The van der Waals surface area contributed by atoms with Crippen LogP contribution >= 0.6 is 0 Å². The van der Waals surface area contributed by atoms with Crippen LogP contribution in [0.5, 0.6) is 0 Å². The van der Waals surface area contributed by atoms with Gasteiger partial charge < -0.3 is 14.3 Å². The second kappa shape index (κ2) is 8.05. The highest BCUT2D eigenvalue weighted by atomic mass is 15.4. The van der Waals surface area contributed by atoms with Crippen molar-refractivity contribution in [1.29, 1.82) is 0 Å². The van der Waals surface area contributed by atoms with Gasteiger partial charge in [-0.05, 0) is 43.6 Å². The summed E-state index contributed by atoms with van der Waals surface area (Å²) in [5.41, 5.74) is 0. The minimum Gasteiger partial charge on any atom is -0.323 e. The smallest absolute Gasteiger partial charge is 0.0872 e. The Balaban J connectivity index is 1.29. The minimum absolute atomic E-state index is 0.811. The van der Waals surface area contributed by atoms with Gasteiger partial charge in [-0.25, -0.2) is 0 Å². The zero-order valence-electron chi connectivity index (χ0n) is 16.8. The van der Waals surface area contributed by atoms with Crippen molar-refractivity contribution >= 4 is 0 Å². The highest BCUT2D eigenvalue weighted by molar-refractivity contribution is 4.78. The molecule has 0 N–H and O–H groups in total. The van der Waals surface area contributed by atoms with Crippen LogP contribution in [0.1, 0.15) is 47.0 Å². The fraction of sp³-hybridized carbons (Fsp3) is 1.00. The number of hydrogen-bond donors (Lipinski definition) is 0. The maximum atomic E-state index is 2.73. The van der Waals surface area contributed by atoms with Gasteiger partial charge in [-0.2, -0.15) is 0 Å². The zero-order chi connectivity index (χ0) is 17.2. The lowest BCUT2D eigenvalue weighted by atomic mass is 9.81. The Labute approximate surface area is 151 Å². The van der Waals surface area contributed by atoms with Crippen molar-refractivity contribution in [2.75, 3.05) is 65.4 Å². The summed E-state index contributed by atoms with van der Waals surface area (Å²) in [7, 11) is 0. The van der Waals surface area contributed by atoms with Crippen LogP contribution in [-0.4, -0.2) is 79.7 Å². The molecule has 1 spiro atoms. The van der Waals surface area contributed by atoms with Gasteiger partial charge in [-0.15, -0.1) is 0 Å². The Hall–Kier alpha value is -0.120. The van der Waals surface area contributed by atoms with Crippen molar-refractivity contribution in [1.82, 2.24) is 9.80 Å². The lowest BCUT2D eigenvalue weighted by Gasteiger charge is -2.55. The molecule has 140 valence electrons. The van der Waals surface area contributed by atoms with Gasteiger partial charge in [0.15, 0.2) is 0 Å². The fourth-order valence-corrected chi connectivity index (χ4v) is 5.26. The predicted molar refractivity (Wildman–Crippen MR) is 103 cm³/mol. The number of piperidine rings is 1. The molecule has 0 aliphatic carbocycles. The van der Waals surface area contributed by atoms with Gasteiger partial charge in [-0.3, -0.25) is 0 Å². The molecule has 0 aromatic rings. The van der Waals surface area contributed by atoms with Crippen molar-refractivity contribution in [3.8, 4) is 0 Å². The van der Waals surface area contributed by atoms with Crippen molar-refractivity contribution in [2.24, 2.45) is 23.7 Å². The largest absolute Gasteiger partial charge is 0.323 e. The molecule has 0 aromatic heterocycles. The van der Waals surface area contributed by atoms with E-state index in [4.69, 9.17) is 0 Å². The summed E-state index contributed by atoms with van der Waals surface area (Å²) >= 11 is 0. The normalized spacial score (nSPS) is 35.8. The Morgan fingerprint density at radius 1 is 0.875 bits per heavy atom. The zero-order valence-corrected chi connectivity index (χ0v) is 16.8. The van der Waals surface area contributed by atoms with E-state index in [2.05, 4.69) is 37.5 Å². The summed E-state index contributed by atoms with van der Waals surface area (Å²) in [6.07, 6.45) is 4.45. The first-order valence-electron chi connectivity index (χ1n) is 10.8. The summed E-state index contributed by atoms with van der Waals surface area (Å²) in [4.78, 5) is 5.39. The lowest BCUT2D eigenvalue weighted by molar-refractivity contribution is -0.979. The van der Waals surface area contributed by atoms with Crippen molar-refractivity contribution in [3.63, 3.8) is 0 Å². The van der Waals surface area contributed by atoms with Crippen molar-refractivity contribution < 1.29 is 4.48 Å². The molecule has 0 amide bonds. The minimum atomic E-state index is 0.811. The molecule has 0 atom stereocenters. The quantitative estimate of drug-likeness (QED) is 0.688. The van der Waals surface area contributed by atoms with E-state index in [1.54, 1.807) is 0 Å². The van der Waals surface area contributed by atoms with Gasteiger partial charge in [0.1, 0.15) is 0 Å². The molecule has 3 saturated heterocycles. The third kappa shape index (κ3) is 4.74. The van der Waals surface area contributed by atoms with Gasteiger partial charge in [-0.1, -0.05) is 27.7 Å². The van der Waals surface area contributed by atoms with Crippen molar-refractivity contribution in [2.45, 2.75) is 47.0 Å². The first-order valence-corrected chi connectivity index (χ1v) is 10.8. The second-order valence-electron chi connectivity index (χ2n) is 9.93. The average molecular weight is 337 g/mol. The van der Waals surface area contributed by atoms with Crippen LogP contribution in [0.3, 0.4) is 0 Å². The maximum absolute atomic E-state index is 2.73. The average Bonchev–Trinajstić information content (AvgIpc) is 2.52. The Kier molecular flexibility index (Phi) is 6.26. The van der Waals surface area contributed by atoms with Crippen LogP contribution in [0.15, 0.2) is 0 Å². The molecule has 3 fully saturated rings. The fourth-order valence-electron chi connectivity index (χ4n) is 5.26. The molecular formula is C21H42N3+. The monoisotopic (exact) mass is 336 g/mol. The maximum Gasteiger partial charge on any atom is 0.0872 e. The Morgan fingerprint density at radius 2 is 1.46 bits per heavy atom. The highest BCUT2D eigenvalue weighted by Crippen LogP contribution is 2.37. The van der Waals surface area contributed by atoms with Gasteiger partial charge in [0, 0.05) is 32.7 Å². The molecule has 3 heteroatoms. The van der Waals surface area contributed by atoms with E-state index in [1.165, 1.54) is 89.2 Å². The standard InChI is InChI=1S/C21H42N3/c1-18(2)15-23-11-9-22(10-12-23)8-5-20-6-13-24(14-7-20)16-21(17-24)19(3)4/h18-21H,5-17H2,1-4H3/q+1. The number of nitrogens with zero attached hydrogens (tertiary/aromatic N) is 3. The molecule has 3 nitrogen and oxygen atoms in total. The van der Waals surface area contributed by atoms with Gasteiger partial charge in [0.2, 0.25) is 0 Å².